The minimum Gasteiger partial charge on any atom is -0.434 e. The summed E-state index contributed by atoms with van der Waals surface area (Å²) in [5, 5.41) is 6.57. The summed E-state index contributed by atoms with van der Waals surface area (Å²) in [6.45, 7) is -2.89. The predicted octanol–water partition coefficient (Wildman–Crippen LogP) is 5.62. The summed E-state index contributed by atoms with van der Waals surface area (Å²) in [5.41, 5.74) is 5.07. The molecule has 2 aromatic carbocycles. The molecule has 0 unspecified atom stereocenters. The van der Waals surface area contributed by atoms with Crippen LogP contribution in [-0.4, -0.2) is 17.8 Å². The Morgan fingerprint density at radius 3 is 2.76 bits per heavy atom. The first-order valence-corrected chi connectivity index (χ1v) is 8.83. The van der Waals surface area contributed by atoms with Crippen LogP contribution in [0, 0.1) is 0 Å². The van der Waals surface area contributed by atoms with Gasteiger partial charge >= 0.3 is 6.61 Å². The Bertz CT molecular complexity index is 871. The molecule has 128 valence electrons. The van der Waals surface area contributed by atoms with E-state index in [-0.39, 0.29) is 5.75 Å². The van der Waals surface area contributed by atoms with Gasteiger partial charge in [0.15, 0.2) is 0 Å². The summed E-state index contributed by atoms with van der Waals surface area (Å²) in [7, 11) is 0. The normalized spacial score (nSPS) is 11.2. The molecule has 0 bridgehead atoms. The number of nitrogens with zero attached hydrogens (tertiary/aromatic N) is 2. The maximum Gasteiger partial charge on any atom is 0.387 e. The topological polar surface area (TPSA) is 46.5 Å². The number of nitrogens with one attached hydrogen (secondary N) is 1. The zero-order valence-corrected chi connectivity index (χ0v) is 15.1. The summed E-state index contributed by atoms with van der Waals surface area (Å²) >= 11 is 4.69. The molecule has 0 spiro atoms. The molecule has 25 heavy (non-hydrogen) atoms. The third kappa shape index (κ3) is 4.83. The molecule has 0 atom stereocenters. The van der Waals surface area contributed by atoms with Crippen molar-refractivity contribution in [1.82, 2.24) is 4.98 Å². The standard InChI is InChI=1S/C17H12BrF2N3OS/c18-13-6-7-15(24-16(19)20)12(8-13)9-21-23-17-22-14(10-25-17)11-4-2-1-3-5-11/h1-10,16H,(H,22,23). The van der Waals surface area contributed by atoms with Gasteiger partial charge in [-0.1, -0.05) is 46.3 Å². The van der Waals surface area contributed by atoms with Gasteiger partial charge in [-0.05, 0) is 18.2 Å². The lowest BCUT2D eigenvalue weighted by molar-refractivity contribution is -0.0499. The molecule has 3 aromatic rings. The van der Waals surface area contributed by atoms with Gasteiger partial charge in [-0.25, -0.2) is 4.98 Å². The zero-order chi connectivity index (χ0) is 17.6. The molecule has 1 aromatic heterocycles. The van der Waals surface area contributed by atoms with Crippen LogP contribution in [0.2, 0.25) is 0 Å². The number of hydrogen-bond acceptors (Lipinski definition) is 5. The van der Waals surface area contributed by atoms with E-state index in [9.17, 15) is 8.78 Å². The second-order valence-electron chi connectivity index (χ2n) is 4.83. The number of halogens is 3. The van der Waals surface area contributed by atoms with Gasteiger partial charge in [0.05, 0.1) is 11.9 Å². The minimum atomic E-state index is -2.89. The Morgan fingerprint density at radius 1 is 1.20 bits per heavy atom. The molecule has 8 heteroatoms. The number of ether oxygens (including phenoxy) is 1. The summed E-state index contributed by atoms with van der Waals surface area (Å²) in [6, 6.07) is 14.5. The van der Waals surface area contributed by atoms with Gasteiger partial charge in [0.25, 0.3) is 0 Å². The number of alkyl halides is 2. The van der Waals surface area contributed by atoms with Gasteiger partial charge in [-0.3, -0.25) is 5.43 Å². The Morgan fingerprint density at radius 2 is 2.00 bits per heavy atom. The van der Waals surface area contributed by atoms with Crippen molar-refractivity contribution in [1.29, 1.82) is 0 Å². The second-order valence-corrected chi connectivity index (χ2v) is 6.61. The van der Waals surface area contributed by atoms with Crippen molar-refractivity contribution in [3.63, 3.8) is 0 Å². The van der Waals surface area contributed by atoms with Crippen LogP contribution < -0.4 is 10.2 Å². The van der Waals surface area contributed by atoms with Gasteiger partial charge in [-0.2, -0.15) is 13.9 Å². The summed E-state index contributed by atoms with van der Waals surface area (Å²) in [4.78, 5) is 4.43. The number of benzene rings is 2. The average molecular weight is 424 g/mol. The minimum absolute atomic E-state index is 0.0489. The van der Waals surface area contributed by atoms with Crippen molar-refractivity contribution < 1.29 is 13.5 Å². The van der Waals surface area contributed by atoms with E-state index in [1.807, 2.05) is 35.7 Å². The molecule has 0 aliphatic rings. The van der Waals surface area contributed by atoms with E-state index in [0.29, 0.717) is 10.7 Å². The monoisotopic (exact) mass is 423 g/mol. The highest BCUT2D eigenvalue weighted by Gasteiger charge is 2.09. The molecule has 0 fully saturated rings. The van der Waals surface area contributed by atoms with E-state index in [2.05, 4.69) is 36.2 Å². The zero-order valence-electron chi connectivity index (χ0n) is 12.7. The molecule has 1 N–H and O–H groups in total. The number of thiazole rings is 1. The first-order chi connectivity index (χ1) is 12.1. The van der Waals surface area contributed by atoms with Gasteiger partial charge in [0.2, 0.25) is 5.13 Å². The SMILES string of the molecule is FC(F)Oc1ccc(Br)cc1C=NNc1nc(-c2ccccc2)cs1. The van der Waals surface area contributed by atoms with E-state index in [1.165, 1.54) is 23.6 Å². The lowest BCUT2D eigenvalue weighted by Crippen LogP contribution is -2.04. The Kier molecular flexibility index (Phi) is 5.72. The lowest BCUT2D eigenvalue weighted by Gasteiger charge is -2.07. The fourth-order valence-corrected chi connectivity index (χ4v) is 3.09. The van der Waals surface area contributed by atoms with Crippen molar-refractivity contribution in [2.45, 2.75) is 6.61 Å². The van der Waals surface area contributed by atoms with Crippen LogP contribution in [0.15, 0.2) is 63.5 Å². The smallest absolute Gasteiger partial charge is 0.387 e. The third-order valence-electron chi connectivity index (χ3n) is 3.13. The summed E-state index contributed by atoms with van der Waals surface area (Å²) in [5.74, 6) is 0.0489. The van der Waals surface area contributed by atoms with Crippen LogP contribution in [0.3, 0.4) is 0 Å². The van der Waals surface area contributed by atoms with Crippen molar-refractivity contribution >= 4 is 38.6 Å². The maximum atomic E-state index is 12.4. The van der Waals surface area contributed by atoms with Gasteiger partial charge in [-0.15, -0.1) is 11.3 Å². The number of hydrogen-bond donors (Lipinski definition) is 1. The summed E-state index contributed by atoms with van der Waals surface area (Å²) < 4.78 is 30.1. The quantitative estimate of drug-likeness (QED) is 0.413. The largest absolute Gasteiger partial charge is 0.434 e. The Hall–Kier alpha value is -2.32. The molecule has 0 amide bonds. The Labute approximate surface area is 155 Å². The van der Waals surface area contributed by atoms with Crippen molar-refractivity contribution in [3.8, 4) is 17.0 Å². The molecular weight excluding hydrogens is 412 g/mol. The number of aromatic nitrogens is 1. The van der Waals surface area contributed by atoms with Crippen molar-refractivity contribution in [3.05, 3.63) is 63.9 Å². The molecule has 0 radical (unpaired) electrons. The number of anilines is 1. The fraction of sp³-hybridized carbons (Fsp3) is 0.0588. The molecule has 4 nitrogen and oxygen atoms in total. The van der Waals surface area contributed by atoms with E-state index in [1.54, 1.807) is 12.1 Å². The average Bonchev–Trinajstić information content (AvgIpc) is 3.07. The molecule has 0 aliphatic carbocycles. The first-order valence-electron chi connectivity index (χ1n) is 7.16. The van der Waals surface area contributed by atoms with E-state index < -0.39 is 6.61 Å². The van der Waals surface area contributed by atoms with Crippen LogP contribution in [-0.2, 0) is 0 Å². The van der Waals surface area contributed by atoms with Gasteiger partial charge in [0, 0.05) is 21.0 Å². The molecule has 0 aliphatic heterocycles. The van der Waals surface area contributed by atoms with Crippen molar-refractivity contribution in [2.24, 2.45) is 5.10 Å². The lowest BCUT2D eigenvalue weighted by atomic mass is 10.2. The Balaban J connectivity index is 1.72. The summed E-state index contributed by atoms with van der Waals surface area (Å²) in [6.07, 6.45) is 1.41. The van der Waals surface area contributed by atoms with Crippen LogP contribution in [0.25, 0.3) is 11.3 Å². The molecule has 0 saturated heterocycles. The second kappa shape index (κ2) is 8.17. The first kappa shape index (κ1) is 17.5. The molecule has 1 heterocycles. The number of rotatable bonds is 6. The van der Waals surface area contributed by atoms with Gasteiger partial charge < -0.3 is 4.74 Å². The van der Waals surface area contributed by atoms with Crippen LogP contribution >= 0.6 is 27.3 Å². The molecule has 3 rings (SSSR count). The molecular formula is C17H12BrF2N3OS. The highest BCUT2D eigenvalue weighted by atomic mass is 79.9. The van der Waals surface area contributed by atoms with E-state index in [4.69, 9.17) is 0 Å². The van der Waals surface area contributed by atoms with E-state index in [0.717, 1.165) is 15.7 Å². The number of hydrazone groups is 1. The fourth-order valence-electron chi connectivity index (χ4n) is 2.05. The van der Waals surface area contributed by atoms with Crippen LogP contribution in [0.5, 0.6) is 5.75 Å². The predicted molar refractivity (Wildman–Crippen MR) is 99.5 cm³/mol. The highest BCUT2D eigenvalue weighted by Crippen LogP contribution is 2.25. The van der Waals surface area contributed by atoms with Crippen LogP contribution in [0.4, 0.5) is 13.9 Å². The maximum absolute atomic E-state index is 12.4. The van der Waals surface area contributed by atoms with Gasteiger partial charge in [0.1, 0.15) is 5.75 Å². The van der Waals surface area contributed by atoms with Crippen LogP contribution in [0.1, 0.15) is 5.56 Å². The molecule has 0 saturated carbocycles. The third-order valence-corrected chi connectivity index (χ3v) is 4.37. The van der Waals surface area contributed by atoms with E-state index >= 15 is 0 Å². The van der Waals surface area contributed by atoms with Crippen molar-refractivity contribution in [2.75, 3.05) is 5.43 Å². The highest BCUT2D eigenvalue weighted by molar-refractivity contribution is 9.10.